The number of thioether (sulfide) groups is 1. The maximum absolute atomic E-state index is 13.1. The van der Waals surface area contributed by atoms with Crippen molar-refractivity contribution in [3.8, 4) is 5.75 Å². The molecule has 0 bridgehead atoms. The number of carbonyl (C=O) groups excluding carboxylic acids is 1. The fraction of sp³-hybridized carbons (Fsp3) is 0.143. The van der Waals surface area contributed by atoms with Crippen molar-refractivity contribution in [1.29, 1.82) is 0 Å². The van der Waals surface area contributed by atoms with Gasteiger partial charge in [-0.25, -0.2) is 4.99 Å². The lowest BCUT2D eigenvalue weighted by molar-refractivity contribution is -0.122. The zero-order valence-electron chi connectivity index (χ0n) is 16.0. The Labute approximate surface area is 187 Å². The second-order valence-electron chi connectivity index (χ2n) is 6.36. The first-order chi connectivity index (χ1) is 14.6. The molecule has 0 spiro atoms. The van der Waals surface area contributed by atoms with Crippen molar-refractivity contribution in [2.45, 2.75) is 12.3 Å². The van der Waals surface area contributed by atoms with Crippen LogP contribution in [0.15, 0.2) is 65.3 Å². The molecule has 2 aromatic carbocycles. The first-order valence-electron chi connectivity index (χ1n) is 9.04. The van der Waals surface area contributed by atoms with Gasteiger partial charge in [0.05, 0.1) is 13.7 Å². The minimum absolute atomic E-state index is 0.139. The van der Waals surface area contributed by atoms with Gasteiger partial charge in [0.25, 0.3) is 5.91 Å². The van der Waals surface area contributed by atoms with E-state index in [1.165, 1.54) is 11.8 Å². The van der Waals surface area contributed by atoms with Gasteiger partial charge in [0.2, 0.25) is 0 Å². The smallest absolute Gasteiger partial charge is 0.278 e. The summed E-state index contributed by atoms with van der Waals surface area (Å²) < 4.78 is 9.60. The van der Waals surface area contributed by atoms with Crippen molar-refractivity contribution < 1.29 is 9.53 Å². The normalized spacial score (nSPS) is 15.0. The Morgan fingerprint density at radius 3 is 2.60 bits per heavy atom. The predicted molar refractivity (Wildman–Crippen MR) is 122 cm³/mol. The third-order valence-corrected chi connectivity index (χ3v) is 6.33. The Kier molecular flexibility index (Phi) is 6.47. The minimum Gasteiger partial charge on any atom is -0.497 e. The lowest BCUT2D eigenvalue weighted by atomic mass is 10.1. The lowest BCUT2D eigenvalue weighted by Gasteiger charge is -2.17. The van der Waals surface area contributed by atoms with Crippen LogP contribution in [0.25, 0.3) is 6.08 Å². The summed E-state index contributed by atoms with van der Waals surface area (Å²) in [6.45, 7) is 0.439. The first kappa shape index (κ1) is 20.6. The van der Waals surface area contributed by atoms with Gasteiger partial charge in [-0.05, 0) is 29.3 Å². The number of ether oxygens (including phenoxy) is 1. The highest BCUT2D eigenvalue weighted by atomic mass is 35.5. The molecule has 9 heteroatoms. The summed E-state index contributed by atoms with van der Waals surface area (Å²) in [5, 5.41) is 4.66. The van der Waals surface area contributed by atoms with E-state index in [1.54, 1.807) is 18.1 Å². The van der Waals surface area contributed by atoms with Crippen molar-refractivity contribution in [3.05, 3.63) is 81.5 Å². The van der Waals surface area contributed by atoms with Crippen LogP contribution in [0.1, 0.15) is 16.8 Å². The maximum atomic E-state index is 13.1. The summed E-state index contributed by atoms with van der Waals surface area (Å²) in [6.07, 6.45) is 1.78. The van der Waals surface area contributed by atoms with Crippen LogP contribution in [0.2, 0.25) is 4.34 Å². The molecule has 1 aliphatic heterocycles. The molecule has 152 valence electrons. The quantitative estimate of drug-likeness (QED) is 0.495. The number of nitrogens with zero attached hydrogens (tertiary/aromatic N) is 4. The summed E-state index contributed by atoms with van der Waals surface area (Å²) in [7, 11) is 1.62. The molecule has 30 heavy (non-hydrogen) atoms. The third kappa shape index (κ3) is 4.72. The highest BCUT2D eigenvalue weighted by Crippen LogP contribution is 2.29. The monoisotopic (exact) mass is 456 g/mol. The number of amidine groups is 1. The standard InChI is InChI=1S/C21H17ClN4O2S2/c1-28-16-9-7-14(8-10-16)11-17-20(27)26(12-15-5-3-2-4-6-15)21(23-17)29-13-18-19(22)30-25-24-18/h2-11H,12-13H2,1H3/b17-11-. The second-order valence-corrected chi connectivity index (χ2v) is 8.65. The Hall–Kier alpha value is -2.68. The zero-order valence-corrected chi connectivity index (χ0v) is 18.4. The van der Waals surface area contributed by atoms with Gasteiger partial charge in [-0.3, -0.25) is 9.69 Å². The van der Waals surface area contributed by atoms with Crippen molar-refractivity contribution >= 4 is 52.0 Å². The molecule has 0 N–H and O–H groups in total. The fourth-order valence-electron chi connectivity index (χ4n) is 2.82. The molecule has 4 rings (SSSR count). The van der Waals surface area contributed by atoms with Crippen LogP contribution in [0.3, 0.4) is 0 Å². The summed E-state index contributed by atoms with van der Waals surface area (Å²) in [5.74, 6) is 1.11. The van der Waals surface area contributed by atoms with Gasteiger partial charge in [-0.1, -0.05) is 70.3 Å². The average molecular weight is 457 g/mol. The van der Waals surface area contributed by atoms with Gasteiger partial charge in [0, 0.05) is 17.3 Å². The molecular weight excluding hydrogens is 440 g/mol. The zero-order chi connectivity index (χ0) is 20.9. The van der Waals surface area contributed by atoms with E-state index < -0.39 is 0 Å². The van der Waals surface area contributed by atoms with Gasteiger partial charge in [-0.2, -0.15) is 0 Å². The number of aromatic nitrogens is 2. The van der Waals surface area contributed by atoms with Crippen LogP contribution in [-0.2, 0) is 17.1 Å². The highest BCUT2D eigenvalue weighted by molar-refractivity contribution is 8.13. The maximum Gasteiger partial charge on any atom is 0.278 e. The van der Waals surface area contributed by atoms with Crippen molar-refractivity contribution in [3.63, 3.8) is 0 Å². The number of aliphatic imine (C=N–C) groups is 1. The first-order valence-corrected chi connectivity index (χ1v) is 11.2. The SMILES string of the molecule is COc1ccc(/C=C2\N=C(SCc3nnsc3Cl)N(Cc3ccccc3)C2=O)cc1. The number of rotatable bonds is 6. The number of hydrogen-bond donors (Lipinski definition) is 0. The summed E-state index contributed by atoms with van der Waals surface area (Å²) in [4.78, 5) is 19.4. The number of halogens is 1. The van der Waals surface area contributed by atoms with E-state index in [0.717, 1.165) is 28.4 Å². The molecule has 0 unspecified atom stereocenters. The average Bonchev–Trinajstić information content (AvgIpc) is 3.31. The topological polar surface area (TPSA) is 67.7 Å². The van der Waals surface area contributed by atoms with E-state index in [1.807, 2.05) is 54.6 Å². The summed E-state index contributed by atoms with van der Waals surface area (Å²) in [6, 6.07) is 17.3. The van der Waals surface area contributed by atoms with Crippen LogP contribution < -0.4 is 4.74 Å². The van der Waals surface area contributed by atoms with E-state index in [9.17, 15) is 4.79 Å². The van der Waals surface area contributed by atoms with E-state index in [0.29, 0.717) is 33.2 Å². The largest absolute Gasteiger partial charge is 0.497 e. The predicted octanol–water partition coefficient (Wildman–Crippen LogP) is 4.87. The van der Waals surface area contributed by atoms with Crippen LogP contribution in [0.5, 0.6) is 5.75 Å². The van der Waals surface area contributed by atoms with E-state index in [-0.39, 0.29) is 5.91 Å². The molecule has 0 aliphatic carbocycles. The van der Waals surface area contributed by atoms with E-state index in [2.05, 4.69) is 14.6 Å². The van der Waals surface area contributed by atoms with Crippen LogP contribution in [-0.4, -0.2) is 32.7 Å². The molecule has 0 radical (unpaired) electrons. The minimum atomic E-state index is -0.139. The second kappa shape index (κ2) is 9.42. The van der Waals surface area contributed by atoms with Gasteiger partial charge in [0.1, 0.15) is 21.5 Å². The number of benzene rings is 2. The Morgan fingerprint density at radius 2 is 1.93 bits per heavy atom. The van der Waals surface area contributed by atoms with Gasteiger partial charge in [-0.15, -0.1) is 5.10 Å². The number of carbonyl (C=O) groups is 1. The van der Waals surface area contributed by atoms with Gasteiger partial charge < -0.3 is 4.74 Å². The van der Waals surface area contributed by atoms with E-state index in [4.69, 9.17) is 16.3 Å². The molecule has 2 heterocycles. The Balaban J connectivity index is 1.60. The Morgan fingerprint density at radius 1 is 1.17 bits per heavy atom. The van der Waals surface area contributed by atoms with Crippen molar-refractivity contribution in [2.24, 2.45) is 4.99 Å². The van der Waals surface area contributed by atoms with Crippen LogP contribution in [0, 0.1) is 0 Å². The molecule has 3 aromatic rings. The Bertz CT molecular complexity index is 1100. The number of amides is 1. The molecule has 6 nitrogen and oxygen atoms in total. The summed E-state index contributed by atoms with van der Waals surface area (Å²) >= 11 is 8.69. The van der Waals surface area contributed by atoms with Gasteiger partial charge >= 0.3 is 0 Å². The summed E-state index contributed by atoms with van der Waals surface area (Å²) in [5.41, 5.74) is 2.98. The number of hydrogen-bond acceptors (Lipinski definition) is 7. The molecule has 1 amide bonds. The van der Waals surface area contributed by atoms with Crippen molar-refractivity contribution in [2.75, 3.05) is 7.11 Å². The highest BCUT2D eigenvalue weighted by Gasteiger charge is 2.31. The number of methoxy groups -OCH3 is 1. The fourth-order valence-corrected chi connectivity index (χ4v) is 4.55. The van der Waals surface area contributed by atoms with Crippen LogP contribution >= 0.6 is 34.9 Å². The molecule has 0 fully saturated rings. The van der Waals surface area contributed by atoms with Gasteiger partial charge in [0.15, 0.2) is 5.17 Å². The molecule has 0 saturated carbocycles. The lowest BCUT2D eigenvalue weighted by Crippen LogP contribution is -2.30. The molecule has 1 aliphatic rings. The van der Waals surface area contributed by atoms with E-state index >= 15 is 0 Å². The van der Waals surface area contributed by atoms with Crippen LogP contribution in [0.4, 0.5) is 0 Å². The molecule has 0 saturated heterocycles. The molecule has 1 aromatic heterocycles. The van der Waals surface area contributed by atoms with Crippen molar-refractivity contribution in [1.82, 2.24) is 14.5 Å². The molecule has 0 atom stereocenters. The third-order valence-electron chi connectivity index (χ3n) is 4.36. The molecular formula is C21H17ClN4O2S2.